The molecule has 1 heterocycles. The van der Waals surface area contributed by atoms with Crippen LogP contribution in [0.5, 0.6) is 0 Å². The molecule has 1 aromatic carbocycles. The number of hydrogen-bond donors (Lipinski definition) is 1. The molecule has 1 unspecified atom stereocenters. The minimum atomic E-state index is -0.471. The van der Waals surface area contributed by atoms with E-state index in [9.17, 15) is 5.11 Å². The first-order valence-electron chi connectivity index (χ1n) is 7.00. The summed E-state index contributed by atoms with van der Waals surface area (Å²) in [6.45, 7) is 4.20. The van der Waals surface area contributed by atoms with E-state index >= 15 is 0 Å². The van der Waals surface area contributed by atoms with E-state index < -0.39 is 6.10 Å². The molecule has 1 nitrogen and oxygen atoms in total. The van der Waals surface area contributed by atoms with Crippen molar-refractivity contribution in [3.8, 4) is 0 Å². The van der Waals surface area contributed by atoms with Gasteiger partial charge in [-0.25, -0.2) is 0 Å². The Morgan fingerprint density at radius 3 is 2.47 bits per heavy atom. The van der Waals surface area contributed by atoms with E-state index in [-0.39, 0.29) is 0 Å². The first-order chi connectivity index (χ1) is 9.16. The van der Waals surface area contributed by atoms with Gasteiger partial charge in [-0.1, -0.05) is 30.7 Å². The van der Waals surface area contributed by atoms with Gasteiger partial charge in [0.15, 0.2) is 0 Å². The molecule has 100 valence electrons. The third kappa shape index (κ3) is 2.35. The predicted molar refractivity (Wildman–Crippen MR) is 80.9 cm³/mol. The van der Waals surface area contributed by atoms with Gasteiger partial charge in [0, 0.05) is 9.75 Å². The highest BCUT2D eigenvalue weighted by Crippen LogP contribution is 2.41. The van der Waals surface area contributed by atoms with Crippen LogP contribution in [0, 0.1) is 13.8 Å². The van der Waals surface area contributed by atoms with E-state index in [0.717, 1.165) is 11.1 Å². The molecule has 0 aliphatic heterocycles. The number of hydrogen-bond acceptors (Lipinski definition) is 2. The highest BCUT2D eigenvalue weighted by atomic mass is 32.1. The van der Waals surface area contributed by atoms with Crippen LogP contribution in [0.4, 0.5) is 0 Å². The number of aryl methyl sites for hydroxylation is 2. The van der Waals surface area contributed by atoms with Crippen LogP contribution in [-0.2, 0) is 0 Å². The maximum absolute atomic E-state index is 10.7. The molecule has 0 bridgehead atoms. The molecule has 1 fully saturated rings. The molecule has 3 rings (SSSR count). The highest BCUT2D eigenvalue weighted by Gasteiger charge is 2.25. The first-order valence-corrected chi connectivity index (χ1v) is 7.82. The van der Waals surface area contributed by atoms with Gasteiger partial charge in [-0.15, -0.1) is 11.3 Å². The summed E-state index contributed by atoms with van der Waals surface area (Å²) in [4.78, 5) is 2.50. The topological polar surface area (TPSA) is 20.2 Å². The lowest BCUT2D eigenvalue weighted by Gasteiger charge is -2.29. The summed E-state index contributed by atoms with van der Waals surface area (Å²) in [5.41, 5.74) is 3.53. The summed E-state index contributed by atoms with van der Waals surface area (Å²) in [7, 11) is 0. The second-order valence-corrected chi connectivity index (χ2v) is 6.99. The fourth-order valence-electron chi connectivity index (χ4n) is 2.94. The van der Waals surface area contributed by atoms with Crippen LogP contribution in [0.3, 0.4) is 0 Å². The monoisotopic (exact) mass is 272 g/mol. The Kier molecular flexibility index (Phi) is 3.46. The van der Waals surface area contributed by atoms with Gasteiger partial charge in [-0.2, -0.15) is 0 Å². The smallest absolute Gasteiger partial charge is 0.105 e. The van der Waals surface area contributed by atoms with Crippen molar-refractivity contribution in [1.29, 1.82) is 0 Å². The Hall–Kier alpha value is -1.12. The van der Waals surface area contributed by atoms with Crippen molar-refractivity contribution in [3.05, 3.63) is 56.8 Å². The lowest BCUT2D eigenvalue weighted by molar-refractivity contribution is 0.217. The van der Waals surface area contributed by atoms with Crippen molar-refractivity contribution < 1.29 is 5.11 Å². The third-order valence-corrected chi connectivity index (χ3v) is 5.19. The van der Waals surface area contributed by atoms with Crippen LogP contribution < -0.4 is 0 Å². The van der Waals surface area contributed by atoms with Gasteiger partial charge in [0.05, 0.1) is 0 Å². The Labute approximate surface area is 118 Å². The average molecular weight is 272 g/mol. The van der Waals surface area contributed by atoms with Crippen molar-refractivity contribution in [2.45, 2.75) is 45.1 Å². The zero-order chi connectivity index (χ0) is 13.4. The molecule has 2 heteroatoms. The summed E-state index contributed by atoms with van der Waals surface area (Å²) in [5, 5.41) is 10.7. The Morgan fingerprint density at radius 2 is 1.89 bits per heavy atom. The fraction of sp³-hybridized carbons (Fsp3) is 0.412. The summed E-state index contributed by atoms with van der Waals surface area (Å²) in [5.74, 6) is 0.658. The van der Waals surface area contributed by atoms with Crippen LogP contribution in [0.15, 0.2) is 30.3 Å². The average Bonchev–Trinajstić information content (AvgIpc) is 2.66. The molecule has 2 aromatic rings. The molecule has 1 aromatic heterocycles. The molecule has 0 radical (unpaired) electrons. The molecule has 0 saturated heterocycles. The third-order valence-electron chi connectivity index (χ3n) is 4.21. The van der Waals surface area contributed by atoms with Gasteiger partial charge < -0.3 is 5.11 Å². The van der Waals surface area contributed by atoms with Crippen molar-refractivity contribution >= 4 is 11.3 Å². The second kappa shape index (κ2) is 5.10. The van der Waals surface area contributed by atoms with Crippen LogP contribution in [0.2, 0.25) is 0 Å². The molecule has 1 saturated carbocycles. The molecule has 1 N–H and O–H groups in total. The Balaban J connectivity index is 1.99. The van der Waals surface area contributed by atoms with Crippen molar-refractivity contribution in [1.82, 2.24) is 0 Å². The van der Waals surface area contributed by atoms with Gasteiger partial charge in [0.1, 0.15) is 6.10 Å². The maximum atomic E-state index is 10.7. The van der Waals surface area contributed by atoms with E-state index in [1.807, 2.05) is 6.07 Å². The van der Waals surface area contributed by atoms with Gasteiger partial charge in [-0.05, 0) is 55.4 Å². The van der Waals surface area contributed by atoms with Crippen molar-refractivity contribution in [2.24, 2.45) is 0 Å². The summed E-state index contributed by atoms with van der Waals surface area (Å²) in [6.07, 6.45) is 3.39. The molecule has 1 atom stereocenters. The number of aliphatic hydroxyl groups excluding tert-OH is 1. The largest absolute Gasteiger partial charge is 0.384 e. The summed E-state index contributed by atoms with van der Waals surface area (Å²) < 4.78 is 0. The number of rotatable bonds is 3. The maximum Gasteiger partial charge on any atom is 0.105 e. The number of benzene rings is 1. The Morgan fingerprint density at radius 1 is 1.16 bits per heavy atom. The lowest BCUT2D eigenvalue weighted by Crippen LogP contribution is -2.13. The summed E-state index contributed by atoms with van der Waals surface area (Å²) in [6, 6.07) is 10.5. The van der Waals surface area contributed by atoms with Crippen molar-refractivity contribution in [3.63, 3.8) is 0 Å². The molecule has 1 aliphatic rings. The van der Waals surface area contributed by atoms with Gasteiger partial charge >= 0.3 is 0 Å². The number of aliphatic hydroxyl groups is 1. The van der Waals surface area contributed by atoms with Crippen LogP contribution >= 0.6 is 11.3 Å². The van der Waals surface area contributed by atoms with E-state index in [2.05, 4.69) is 38.1 Å². The Bertz CT molecular complexity index is 581. The zero-order valence-corrected chi connectivity index (χ0v) is 12.3. The molecular formula is C17H20OS. The molecule has 0 amide bonds. The van der Waals surface area contributed by atoms with Crippen LogP contribution in [0.25, 0.3) is 0 Å². The van der Waals surface area contributed by atoms with Crippen LogP contribution in [-0.4, -0.2) is 5.11 Å². The quantitative estimate of drug-likeness (QED) is 0.857. The number of thiophene rings is 1. The normalized spacial score (nSPS) is 17.2. The van der Waals surface area contributed by atoms with E-state index in [1.165, 1.54) is 34.6 Å². The standard InChI is InChI=1S/C17H20OS/c1-11-10-16(12(2)19-11)17(18)15-9-4-3-8-14(15)13-6-5-7-13/h3-4,8-10,13,17-18H,5-7H2,1-2H3. The molecule has 19 heavy (non-hydrogen) atoms. The molecule has 1 aliphatic carbocycles. The lowest BCUT2D eigenvalue weighted by atomic mass is 9.77. The van der Waals surface area contributed by atoms with Gasteiger partial charge in [0.2, 0.25) is 0 Å². The van der Waals surface area contributed by atoms with Gasteiger partial charge in [0.25, 0.3) is 0 Å². The SMILES string of the molecule is Cc1cc(C(O)c2ccccc2C2CCC2)c(C)s1. The van der Waals surface area contributed by atoms with E-state index in [4.69, 9.17) is 0 Å². The molecular weight excluding hydrogens is 252 g/mol. The van der Waals surface area contributed by atoms with Crippen LogP contribution in [0.1, 0.15) is 57.7 Å². The van der Waals surface area contributed by atoms with E-state index in [1.54, 1.807) is 11.3 Å². The fourth-order valence-corrected chi connectivity index (χ4v) is 3.90. The predicted octanol–water partition coefficient (Wildman–Crippen LogP) is 4.71. The summed E-state index contributed by atoms with van der Waals surface area (Å²) >= 11 is 1.77. The second-order valence-electron chi connectivity index (χ2n) is 5.53. The van der Waals surface area contributed by atoms with E-state index in [0.29, 0.717) is 5.92 Å². The molecule has 0 spiro atoms. The zero-order valence-electron chi connectivity index (χ0n) is 11.5. The van der Waals surface area contributed by atoms with Crippen molar-refractivity contribution in [2.75, 3.05) is 0 Å². The first kappa shape index (κ1) is 12.9. The van der Waals surface area contributed by atoms with Gasteiger partial charge in [-0.3, -0.25) is 0 Å². The highest BCUT2D eigenvalue weighted by molar-refractivity contribution is 7.12. The minimum Gasteiger partial charge on any atom is -0.384 e. The minimum absolute atomic E-state index is 0.471.